The summed E-state index contributed by atoms with van der Waals surface area (Å²) in [5.41, 5.74) is 6.49. The van der Waals surface area contributed by atoms with Crippen LogP contribution in [0.1, 0.15) is 23.5 Å². The molecule has 2 amide bonds. The summed E-state index contributed by atoms with van der Waals surface area (Å²) in [4.78, 5) is 34.7. The molecule has 0 radical (unpaired) electrons. The minimum Gasteiger partial charge on any atom is -0.369 e. The number of thiazole rings is 1. The van der Waals surface area contributed by atoms with Crippen LogP contribution in [0.25, 0.3) is 0 Å². The molecule has 0 aliphatic carbocycles. The Morgan fingerprint density at radius 3 is 2.36 bits per heavy atom. The van der Waals surface area contributed by atoms with E-state index in [2.05, 4.69) is 20.2 Å². The van der Waals surface area contributed by atoms with Gasteiger partial charge in [0.05, 0.1) is 17.2 Å². The van der Waals surface area contributed by atoms with Crippen LogP contribution in [0, 0.1) is 12.8 Å². The van der Waals surface area contributed by atoms with Gasteiger partial charge in [0.25, 0.3) is 0 Å². The van der Waals surface area contributed by atoms with Gasteiger partial charge in [-0.2, -0.15) is 0 Å². The van der Waals surface area contributed by atoms with Crippen LogP contribution < -0.4 is 5.73 Å². The Bertz CT molecular complexity index is 604. The van der Waals surface area contributed by atoms with Crippen molar-refractivity contribution in [2.75, 3.05) is 45.8 Å². The first-order chi connectivity index (χ1) is 12.0. The molecule has 1 aromatic heterocycles. The van der Waals surface area contributed by atoms with Gasteiger partial charge in [0, 0.05) is 57.1 Å². The first kappa shape index (κ1) is 18.3. The molecule has 0 spiro atoms. The van der Waals surface area contributed by atoms with Crippen LogP contribution in [0.4, 0.5) is 0 Å². The van der Waals surface area contributed by atoms with Gasteiger partial charge in [-0.25, -0.2) is 4.98 Å². The van der Waals surface area contributed by atoms with E-state index in [1.807, 2.05) is 11.8 Å². The third kappa shape index (κ3) is 4.99. The van der Waals surface area contributed by atoms with Crippen LogP contribution in [0.3, 0.4) is 0 Å². The quantitative estimate of drug-likeness (QED) is 0.811. The standard InChI is InChI=1S/C17H27N5O2S/c1-13-19-15(12-25-13)10-20-6-8-21(9-7-20)11-16(23)22-4-2-14(3-5-22)17(18)24/h12,14H,2-11H2,1H3,(H2,18,24). The minimum atomic E-state index is -0.237. The van der Waals surface area contributed by atoms with Gasteiger partial charge in [-0.15, -0.1) is 11.3 Å². The van der Waals surface area contributed by atoms with Crippen molar-refractivity contribution >= 4 is 23.2 Å². The van der Waals surface area contributed by atoms with Gasteiger partial charge < -0.3 is 10.6 Å². The zero-order valence-corrected chi connectivity index (χ0v) is 15.6. The third-order valence-corrected chi connectivity index (χ3v) is 5.95. The average molecular weight is 366 g/mol. The Morgan fingerprint density at radius 2 is 1.80 bits per heavy atom. The molecule has 2 fully saturated rings. The maximum atomic E-state index is 12.5. The number of carbonyl (C=O) groups is 2. The van der Waals surface area contributed by atoms with E-state index in [9.17, 15) is 9.59 Å². The van der Waals surface area contributed by atoms with Gasteiger partial charge in [0.1, 0.15) is 0 Å². The summed E-state index contributed by atoms with van der Waals surface area (Å²) in [6.07, 6.45) is 1.39. The summed E-state index contributed by atoms with van der Waals surface area (Å²) in [6, 6.07) is 0. The monoisotopic (exact) mass is 365 g/mol. The van der Waals surface area contributed by atoms with Crippen LogP contribution in [0.2, 0.25) is 0 Å². The fourth-order valence-corrected chi connectivity index (χ4v) is 4.12. The van der Waals surface area contributed by atoms with E-state index in [4.69, 9.17) is 5.73 Å². The maximum Gasteiger partial charge on any atom is 0.236 e. The molecule has 0 aromatic carbocycles. The molecule has 8 heteroatoms. The molecule has 3 heterocycles. The van der Waals surface area contributed by atoms with Gasteiger partial charge in [-0.05, 0) is 19.8 Å². The number of primary amides is 1. The summed E-state index contributed by atoms with van der Waals surface area (Å²) in [5.74, 6) is -0.132. The van der Waals surface area contributed by atoms with E-state index >= 15 is 0 Å². The van der Waals surface area contributed by atoms with Gasteiger partial charge in [-0.3, -0.25) is 19.4 Å². The highest BCUT2D eigenvalue weighted by Gasteiger charge is 2.27. The molecular weight excluding hydrogens is 338 g/mol. The Balaban J connectivity index is 1.38. The number of piperidine rings is 1. The number of nitrogens with zero attached hydrogens (tertiary/aromatic N) is 4. The zero-order chi connectivity index (χ0) is 17.8. The van der Waals surface area contributed by atoms with E-state index in [-0.39, 0.29) is 17.7 Å². The number of hydrogen-bond donors (Lipinski definition) is 1. The number of aromatic nitrogens is 1. The number of hydrogen-bond acceptors (Lipinski definition) is 6. The summed E-state index contributed by atoms with van der Waals surface area (Å²) >= 11 is 1.69. The molecule has 0 unspecified atom stereocenters. The smallest absolute Gasteiger partial charge is 0.236 e. The molecular formula is C17H27N5O2S. The number of aryl methyl sites for hydroxylation is 1. The lowest BCUT2D eigenvalue weighted by molar-refractivity contribution is -0.136. The molecule has 2 saturated heterocycles. The normalized spacial score (nSPS) is 20.8. The fourth-order valence-electron chi connectivity index (χ4n) is 3.52. The summed E-state index contributed by atoms with van der Waals surface area (Å²) in [7, 11) is 0. The second kappa shape index (κ2) is 8.25. The van der Waals surface area contributed by atoms with E-state index in [1.54, 1.807) is 11.3 Å². The van der Waals surface area contributed by atoms with Crippen molar-refractivity contribution in [1.82, 2.24) is 19.7 Å². The van der Waals surface area contributed by atoms with Gasteiger partial charge >= 0.3 is 0 Å². The Hall–Kier alpha value is -1.51. The van der Waals surface area contributed by atoms with Crippen molar-refractivity contribution < 1.29 is 9.59 Å². The first-order valence-corrected chi connectivity index (χ1v) is 9.82. The van der Waals surface area contributed by atoms with Crippen LogP contribution in [0.15, 0.2) is 5.38 Å². The molecule has 2 aliphatic rings. The molecule has 2 aliphatic heterocycles. The summed E-state index contributed by atoms with van der Waals surface area (Å²) in [5, 5.41) is 3.24. The Labute approximate surface area is 152 Å². The molecule has 0 bridgehead atoms. The van der Waals surface area contributed by atoms with Crippen molar-refractivity contribution in [2.24, 2.45) is 11.7 Å². The first-order valence-electron chi connectivity index (χ1n) is 8.94. The predicted molar refractivity (Wildman–Crippen MR) is 97.1 cm³/mol. The van der Waals surface area contributed by atoms with Crippen LogP contribution >= 0.6 is 11.3 Å². The van der Waals surface area contributed by atoms with Crippen molar-refractivity contribution in [1.29, 1.82) is 0 Å². The summed E-state index contributed by atoms with van der Waals surface area (Å²) in [6.45, 7) is 8.45. The lowest BCUT2D eigenvalue weighted by Gasteiger charge is -2.36. The molecule has 25 heavy (non-hydrogen) atoms. The number of piperazine rings is 1. The zero-order valence-electron chi connectivity index (χ0n) is 14.8. The maximum absolute atomic E-state index is 12.5. The molecule has 1 aromatic rings. The number of rotatable bonds is 5. The van der Waals surface area contributed by atoms with Crippen molar-refractivity contribution in [3.63, 3.8) is 0 Å². The van der Waals surface area contributed by atoms with Crippen molar-refractivity contribution in [3.8, 4) is 0 Å². The van der Waals surface area contributed by atoms with Crippen molar-refractivity contribution in [2.45, 2.75) is 26.3 Å². The number of nitrogens with two attached hydrogens (primary N) is 1. The highest BCUT2D eigenvalue weighted by atomic mass is 32.1. The van der Waals surface area contributed by atoms with E-state index < -0.39 is 0 Å². The van der Waals surface area contributed by atoms with Gasteiger partial charge in [0.2, 0.25) is 11.8 Å². The van der Waals surface area contributed by atoms with Crippen LogP contribution in [-0.4, -0.2) is 77.3 Å². The third-order valence-electron chi connectivity index (χ3n) is 5.13. The largest absolute Gasteiger partial charge is 0.369 e. The lowest BCUT2D eigenvalue weighted by atomic mass is 9.96. The van der Waals surface area contributed by atoms with Gasteiger partial charge in [-0.1, -0.05) is 0 Å². The van der Waals surface area contributed by atoms with E-state index in [0.717, 1.165) is 43.4 Å². The molecule has 7 nitrogen and oxygen atoms in total. The SMILES string of the molecule is Cc1nc(CN2CCN(CC(=O)N3CCC(C(N)=O)CC3)CC2)cs1. The Kier molecular flexibility index (Phi) is 6.03. The van der Waals surface area contributed by atoms with Crippen LogP contribution in [0.5, 0.6) is 0 Å². The molecule has 0 atom stereocenters. The summed E-state index contributed by atoms with van der Waals surface area (Å²) < 4.78 is 0. The molecule has 3 rings (SSSR count). The molecule has 138 valence electrons. The van der Waals surface area contributed by atoms with Crippen molar-refractivity contribution in [3.05, 3.63) is 16.1 Å². The second-order valence-corrected chi connectivity index (χ2v) is 8.03. The minimum absolute atomic E-state index is 0.0676. The Morgan fingerprint density at radius 1 is 1.16 bits per heavy atom. The van der Waals surface area contributed by atoms with Crippen LogP contribution in [-0.2, 0) is 16.1 Å². The average Bonchev–Trinajstić information content (AvgIpc) is 3.01. The highest BCUT2D eigenvalue weighted by molar-refractivity contribution is 7.09. The van der Waals surface area contributed by atoms with E-state index in [1.165, 1.54) is 0 Å². The number of carbonyl (C=O) groups excluding carboxylic acids is 2. The fraction of sp³-hybridized carbons (Fsp3) is 0.706. The molecule has 2 N–H and O–H groups in total. The number of amides is 2. The second-order valence-electron chi connectivity index (χ2n) is 6.97. The van der Waals surface area contributed by atoms with E-state index in [0.29, 0.717) is 32.5 Å². The van der Waals surface area contributed by atoms with Gasteiger partial charge in [0.15, 0.2) is 0 Å². The predicted octanol–water partition coefficient (Wildman–Crippen LogP) is 0.293. The molecule has 0 saturated carbocycles. The number of likely N-dealkylation sites (tertiary alicyclic amines) is 1. The highest BCUT2D eigenvalue weighted by Crippen LogP contribution is 2.17. The lowest BCUT2D eigenvalue weighted by Crippen LogP contribution is -2.51. The topological polar surface area (TPSA) is 82.8 Å².